The topological polar surface area (TPSA) is 35.1 Å². The van der Waals surface area contributed by atoms with Gasteiger partial charge in [-0.15, -0.1) is 0 Å². The molecule has 0 fully saturated rings. The molecule has 0 aliphatic heterocycles. The quantitative estimate of drug-likeness (QED) is 0.640. The molecule has 1 aromatic heterocycles. The van der Waals surface area contributed by atoms with Crippen LogP contribution in [0, 0.1) is 0 Å². The number of nitrogens with zero attached hydrogens (tertiary/aromatic N) is 1. The zero-order chi connectivity index (χ0) is 10.3. The second-order valence-electron chi connectivity index (χ2n) is 4.36. The molecule has 0 aliphatic carbocycles. The van der Waals surface area contributed by atoms with Gasteiger partial charge in [-0.1, -0.05) is 12.1 Å². The van der Waals surface area contributed by atoms with Crippen molar-refractivity contribution in [2.24, 2.45) is 0 Å². The summed E-state index contributed by atoms with van der Waals surface area (Å²) in [7, 11) is 0. The van der Waals surface area contributed by atoms with Gasteiger partial charge in [0, 0.05) is 0 Å². The van der Waals surface area contributed by atoms with Crippen LogP contribution in [-0.4, -0.2) is 4.74 Å². The summed E-state index contributed by atoms with van der Waals surface area (Å²) in [4.78, 5) is 11.8. The fourth-order valence-electron chi connectivity index (χ4n) is 1.41. The summed E-state index contributed by atoms with van der Waals surface area (Å²) >= 11 is 0. The molecule has 2 rings (SSSR count). The zero-order valence-corrected chi connectivity index (χ0v) is 8.57. The van der Waals surface area contributed by atoms with Crippen molar-refractivity contribution in [1.29, 1.82) is 0 Å². The van der Waals surface area contributed by atoms with E-state index < -0.39 is 0 Å². The highest BCUT2D eigenvalue weighted by atomic mass is 16.5. The molecule has 0 atom stereocenters. The molecule has 0 unspecified atom stereocenters. The van der Waals surface area contributed by atoms with Gasteiger partial charge in [0.1, 0.15) is 0 Å². The van der Waals surface area contributed by atoms with Crippen LogP contribution in [-0.2, 0) is 5.54 Å². The molecule has 0 saturated carbocycles. The second kappa shape index (κ2) is 2.74. The first-order valence-corrected chi connectivity index (χ1v) is 4.62. The molecule has 14 heavy (non-hydrogen) atoms. The molecule has 74 valence electrons. The van der Waals surface area contributed by atoms with Crippen molar-refractivity contribution in [1.82, 2.24) is 4.74 Å². The number of fused-ring (bicyclic) bond motifs is 1. The van der Waals surface area contributed by atoms with Crippen molar-refractivity contribution in [3.05, 3.63) is 34.6 Å². The number of hydrogen-bond donors (Lipinski definition) is 0. The summed E-state index contributed by atoms with van der Waals surface area (Å²) in [6, 6.07) is 7.28. The van der Waals surface area contributed by atoms with Crippen LogP contribution in [0.1, 0.15) is 20.8 Å². The Morgan fingerprint density at radius 3 is 2.43 bits per heavy atom. The molecule has 1 aromatic carbocycles. The monoisotopic (exact) mass is 191 g/mol. The third kappa shape index (κ3) is 1.25. The van der Waals surface area contributed by atoms with Crippen LogP contribution < -0.4 is 5.56 Å². The number of hydrogen-bond acceptors (Lipinski definition) is 2. The minimum absolute atomic E-state index is 0.0619. The normalized spacial score (nSPS) is 12.2. The Hall–Kier alpha value is -1.51. The standard InChI is InChI=1S/C11H13NO2/c1-11(2,3)12-10(13)8-6-4-5-7-9(8)14-12/h4-7H,1-3H3. The van der Waals surface area contributed by atoms with Gasteiger partial charge in [0.15, 0.2) is 5.58 Å². The molecule has 0 amide bonds. The maximum atomic E-state index is 11.8. The van der Waals surface area contributed by atoms with Crippen LogP contribution in [0.15, 0.2) is 33.6 Å². The van der Waals surface area contributed by atoms with E-state index in [-0.39, 0.29) is 11.1 Å². The van der Waals surface area contributed by atoms with Gasteiger partial charge in [-0.05, 0) is 32.9 Å². The smallest absolute Gasteiger partial charge is 0.290 e. The summed E-state index contributed by atoms with van der Waals surface area (Å²) < 4.78 is 6.88. The van der Waals surface area contributed by atoms with E-state index in [9.17, 15) is 4.79 Å². The Bertz CT molecular complexity index is 514. The Labute approximate surface area is 81.9 Å². The Balaban J connectivity index is 2.82. The molecule has 0 spiro atoms. The van der Waals surface area contributed by atoms with Crippen molar-refractivity contribution in [3.63, 3.8) is 0 Å². The molecular weight excluding hydrogens is 178 g/mol. The molecule has 2 aromatic rings. The molecule has 0 aliphatic rings. The van der Waals surface area contributed by atoms with Crippen molar-refractivity contribution in [3.8, 4) is 0 Å². The third-order valence-electron chi connectivity index (χ3n) is 2.10. The van der Waals surface area contributed by atoms with E-state index in [0.717, 1.165) is 0 Å². The average molecular weight is 191 g/mol. The third-order valence-corrected chi connectivity index (χ3v) is 2.10. The van der Waals surface area contributed by atoms with Gasteiger partial charge in [0.2, 0.25) is 0 Å². The van der Waals surface area contributed by atoms with Crippen LogP contribution in [0.25, 0.3) is 11.0 Å². The highest BCUT2D eigenvalue weighted by Crippen LogP contribution is 2.16. The van der Waals surface area contributed by atoms with Gasteiger partial charge in [-0.3, -0.25) is 4.79 Å². The molecule has 3 heteroatoms. The molecular formula is C11H13NO2. The van der Waals surface area contributed by atoms with Gasteiger partial charge in [-0.2, -0.15) is 4.74 Å². The van der Waals surface area contributed by atoms with Crippen LogP contribution >= 0.6 is 0 Å². The largest absolute Gasteiger partial charge is 0.375 e. The first kappa shape index (κ1) is 9.06. The Kier molecular flexibility index (Phi) is 1.77. The SMILES string of the molecule is CC(C)(C)n1oc2ccccc2c1=O. The number of aromatic nitrogens is 1. The maximum absolute atomic E-state index is 11.8. The van der Waals surface area contributed by atoms with E-state index in [2.05, 4.69) is 0 Å². The Morgan fingerprint density at radius 1 is 1.21 bits per heavy atom. The van der Waals surface area contributed by atoms with Gasteiger partial charge in [-0.25, -0.2) is 0 Å². The molecule has 0 bridgehead atoms. The molecule has 3 nitrogen and oxygen atoms in total. The minimum Gasteiger partial charge on any atom is -0.375 e. The summed E-state index contributed by atoms with van der Waals surface area (Å²) in [6.45, 7) is 5.82. The Morgan fingerprint density at radius 2 is 1.86 bits per heavy atom. The van der Waals surface area contributed by atoms with Gasteiger partial charge < -0.3 is 4.52 Å². The number of rotatable bonds is 0. The van der Waals surface area contributed by atoms with Crippen molar-refractivity contribution in [2.75, 3.05) is 0 Å². The van der Waals surface area contributed by atoms with E-state index >= 15 is 0 Å². The van der Waals surface area contributed by atoms with E-state index in [1.54, 1.807) is 12.1 Å². The van der Waals surface area contributed by atoms with Crippen LogP contribution in [0.5, 0.6) is 0 Å². The minimum atomic E-state index is -0.309. The van der Waals surface area contributed by atoms with Crippen molar-refractivity contribution >= 4 is 11.0 Å². The van der Waals surface area contributed by atoms with Crippen LogP contribution in [0.3, 0.4) is 0 Å². The van der Waals surface area contributed by atoms with E-state index in [1.807, 2.05) is 32.9 Å². The fraction of sp³-hybridized carbons (Fsp3) is 0.364. The second-order valence-corrected chi connectivity index (χ2v) is 4.36. The maximum Gasteiger partial charge on any atom is 0.290 e. The van der Waals surface area contributed by atoms with E-state index in [0.29, 0.717) is 11.0 Å². The predicted octanol–water partition coefficient (Wildman–Crippen LogP) is 2.35. The van der Waals surface area contributed by atoms with Crippen LogP contribution in [0.2, 0.25) is 0 Å². The summed E-state index contributed by atoms with van der Waals surface area (Å²) in [6.07, 6.45) is 0. The molecule has 0 saturated heterocycles. The molecule has 0 radical (unpaired) electrons. The lowest BCUT2D eigenvalue weighted by Gasteiger charge is -2.16. The van der Waals surface area contributed by atoms with Gasteiger partial charge in [0.25, 0.3) is 5.56 Å². The first-order chi connectivity index (χ1) is 6.50. The lowest BCUT2D eigenvalue weighted by atomic mass is 10.1. The number of benzene rings is 1. The highest BCUT2D eigenvalue weighted by Gasteiger charge is 2.20. The summed E-state index contributed by atoms with van der Waals surface area (Å²) in [5, 5.41) is 0.641. The van der Waals surface area contributed by atoms with Crippen molar-refractivity contribution < 1.29 is 4.52 Å². The van der Waals surface area contributed by atoms with E-state index in [1.165, 1.54) is 4.74 Å². The van der Waals surface area contributed by atoms with Crippen LogP contribution in [0.4, 0.5) is 0 Å². The molecule has 0 N–H and O–H groups in total. The molecule has 1 heterocycles. The van der Waals surface area contributed by atoms with Crippen molar-refractivity contribution in [2.45, 2.75) is 26.3 Å². The summed E-state index contributed by atoms with van der Waals surface area (Å²) in [5.41, 5.74) is 0.274. The fourth-order valence-corrected chi connectivity index (χ4v) is 1.41. The van der Waals surface area contributed by atoms with Gasteiger partial charge in [0.05, 0.1) is 10.9 Å². The van der Waals surface area contributed by atoms with Gasteiger partial charge >= 0.3 is 0 Å². The average Bonchev–Trinajstić information content (AvgIpc) is 2.44. The summed E-state index contributed by atoms with van der Waals surface area (Å²) in [5.74, 6) is 0. The number of para-hydroxylation sites is 1. The lowest BCUT2D eigenvalue weighted by molar-refractivity contribution is 0.171. The zero-order valence-electron chi connectivity index (χ0n) is 8.57. The highest BCUT2D eigenvalue weighted by molar-refractivity contribution is 5.75. The van der Waals surface area contributed by atoms with E-state index in [4.69, 9.17) is 4.52 Å². The lowest BCUT2D eigenvalue weighted by Crippen LogP contribution is -2.30. The predicted molar refractivity (Wildman–Crippen MR) is 55.5 cm³/mol. The first-order valence-electron chi connectivity index (χ1n) is 4.62.